The molecule has 112 valence electrons. The van der Waals surface area contributed by atoms with Gasteiger partial charge in [0.1, 0.15) is 0 Å². The van der Waals surface area contributed by atoms with Crippen molar-refractivity contribution in [2.75, 3.05) is 11.9 Å². The topological polar surface area (TPSA) is 75.3 Å². The number of carbonyl (C=O) groups excluding carboxylic acids is 3. The summed E-state index contributed by atoms with van der Waals surface area (Å²) >= 11 is 6.16. The minimum Gasteiger partial charge on any atom is -0.356 e. The van der Waals surface area contributed by atoms with Crippen molar-refractivity contribution in [2.24, 2.45) is 5.92 Å². The summed E-state index contributed by atoms with van der Waals surface area (Å²) in [5, 5.41) is 5.87. The summed E-state index contributed by atoms with van der Waals surface area (Å²) in [6.07, 6.45) is 1.28. The molecule has 0 bridgehead atoms. The largest absolute Gasteiger partial charge is 0.356 e. The molecule has 0 aliphatic heterocycles. The van der Waals surface area contributed by atoms with Crippen LogP contribution in [0.2, 0.25) is 5.02 Å². The number of carbonyl (C=O) groups is 3. The summed E-state index contributed by atoms with van der Waals surface area (Å²) in [5.74, 6) is -0.776. The Morgan fingerprint density at radius 2 is 2.00 bits per heavy atom. The van der Waals surface area contributed by atoms with Crippen LogP contribution in [0.5, 0.6) is 0 Å². The number of fused-ring (bicyclic) bond motifs is 1. The number of rotatable bonds is 3. The molecule has 0 saturated carbocycles. The number of hydrogen-bond donors (Lipinski definition) is 2. The minimum absolute atomic E-state index is 0.0868. The van der Waals surface area contributed by atoms with E-state index < -0.39 is 0 Å². The molecule has 0 aromatic heterocycles. The maximum absolute atomic E-state index is 12.6. The van der Waals surface area contributed by atoms with Gasteiger partial charge in [0.05, 0.1) is 5.69 Å². The molecule has 6 heteroatoms. The number of anilines is 1. The van der Waals surface area contributed by atoms with Crippen molar-refractivity contribution in [1.82, 2.24) is 5.32 Å². The fraction of sp³-hybridized carbons (Fsp3) is 0.400. The maximum Gasteiger partial charge on any atom is 0.221 e. The van der Waals surface area contributed by atoms with Gasteiger partial charge >= 0.3 is 0 Å². The lowest BCUT2D eigenvalue weighted by atomic mass is 9.81. The molecule has 0 radical (unpaired) electrons. The van der Waals surface area contributed by atoms with Crippen molar-refractivity contribution >= 4 is 34.9 Å². The van der Waals surface area contributed by atoms with E-state index in [4.69, 9.17) is 11.6 Å². The van der Waals surface area contributed by atoms with Gasteiger partial charge in [-0.15, -0.1) is 0 Å². The molecule has 21 heavy (non-hydrogen) atoms. The van der Waals surface area contributed by atoms with Crippen molar-refractivity contribution in [2.45, 2.75) is 26.7 Å². The quantitative estimate of drug-likeness (QED) is 0.898. The Balaban J connectivity index is 2.35. The van der Waals surface area contributed by atoms with Crippen LogP contribution in [0.25, 0.3) is 0 Å². The van der Waals surface area contributed by atoms with Gasteiger partial charge < -0.3 is 10.6 Å². The highest BCUT2D eigenvalue weighted by atomic mass is 35.5. The van der Waals surface area contributed by atoms with Gasteiger partial charge in [0.15, 0.2) is 5.78 Å². The van der Waals surface area contributed by atoms with E-state index in [0.29, 0.717) is 35.7 Å². The number of ketones is 1. The zero-order chi connectivity index (χ0) is 15.6. The molecule has 0 spiro atoms. The van der Waals surface area contributed by atoms with Crippen molar-refractivity contribution in [3.8, 4) is 0 Å². The van der Waals surface area contributed by atoms with Crippen LogP contribution < -0.4 is 10.6 Å². The molecular formula is C15H17ClN2O3. The van der Waals surface area contributed by atoms with Crippen LogP contribution in [-0.4, -0.2) is 24.1 Å². The number of halogens is 1. The summed E-state index contributed by atoms with van der Waals surface area (Å²) < 4.78 is 0. The van der Waals surface area contributed by atoms with E-state index >= 15 is 0 Å². The van der Waals surface area contributed by atoms with E-state index in [0.717, 1.165) is 5.56 Å². The number of Topliss-reactive ketones (excluding diaryl/α,β-unsaturated/α-hetero) is 1. The lowest BCUT2D eigenvalue weighted by Gasteiger charge is -2.26. The van der Waals surface area contributed by atoms with Gasteiger partial charge in [-0.1, -0.05) is 11.6 Å². The zero-order valence-electron chi connectivity index (χ0n) is 12.0. The highest BCUT2D eigenvalue weighted by Crippen LogP contribution is 2.35. The van der Waals surface area contributed by atoms with Crippen LogP contribution in [0.15, 0.2) is 12.1 Å². The second-order valence-corrected chi connectivity index (χ2v) is 5.57. The Hall–Kier alpha value is -1.88. The summed E-state index contributed by atoms with van der Waals surface area (Å²) in [7, 11) is 0. The molecule has 0 saturated heterocycles. The number of amides is 2. The molecule has 1 aliphatic rings. The lowest BCUT2D eigenvalue weighted by molar-refractivity contribution is -0.119. The third-order valence-corrected chi connectivity index (χ3v) is 3.88. The Kier molecular flexibility index (Phi) is 4.63. The predicted octanol–water partition coefficient (Wildman–Crippen LogP) is 2.18. The number of hydrogen-bond acceptors (Lipinski definition) is 3. The van der Waals surface area contributed by atoms with Crippen molar-refractivity contribution < 1.29 is 14.4 Å². The molecule has 2 amide bonds. The first-order valence-electron chi connectivity index (χ1n) is 6.77. The van der Waals surface area contributed by atoms with Gasteiger partial charge in [0.2, 0.25) is 11.8 Å². The van der Waals surface area contributed by atoms with E-state index in [1.165, 1.54) is 13.8 Å². The molecule has 1 aliphatic carbocycles. The first kappa shape index (κ1) is 15.5. The summed E-state index contributed by atoms with van der Waals surface area (Å²) in [6.45, 7) is 3.11. The van der Waals surface area contributed by atoms with E-state index in [9.17, 15) is 14.4 Å². The van der Waals surface area contributed by atoms with E-state index in [1.54, 1.807) is 12.1 Å². The van der Waals surface area contributed by atoms with Crippen molar-refractivity contribution in [3.05, 3.63) is 28.3 Å². The van der Waals surface area contributed by atoms with Crippen LogP contribution in [0, 0.1) is 5.92 Å². The Morgan fingerprint density at radius 1 is 1.29 bits per heavy atom. The molecule has 0 heterocycles. The molecule has 1 aromatic carbocycles. The standard InChI is InChI=1S/C15H17ClN2O3/c1-8(19)17-7-10-3-4-11-12(16)5-6-13(18-9(2)20)14(11)15(10)21/h5-6,10H,3-4,7H2,1-2H3,(H,17,19)(H,18,20). The molecule has 1 aromatic rings. The van der Waals surface area contributed by atoms with Crippen LogP contribution in [0.1, 0.15) is 36.2 Å². The molecule has 1 unspecified atom stereocenters. The fourth-order valence-electron chi connectivity index (χ4n) is 2.56. The van der Waals surface area contributed by atoms with Crippen LogP contribution >= 0.6 is 11.6 Å². The van der Waals surface area contributed by atoms with Crippen molar-refractivity contribution in [3.63, 3.8) is 0 Å². The van der Waals surface area contributed by atoms with E-state index in [1.807, 2.05) is 0 Å². The highest BCUT2D eigenvalue weighted by Gasteiger charge is 2.31. The van der Waals surface area contributed by atoms with Crippen LogP contribution in [0.4, 0.5) is 5.69 Å². The zero-order valence-corrected chi connectivity index (χ0v) is 12.7. The van der Waals surface area contributed by atoms with Crippen LogP contribution in [0.3, 0.4) is 0 Å². The average molecular weight is 309 g/mol. The molecule has 2 N–H and O–H groups in total. The van der Waals surface area contributed by atoms with Crippen molar-refractivity contribution in [1.29, 1.82) is 0 Å². The molecular weight excluding hydrogens is 292 g/mol. The second kappa shape index (κ2) is 6.26. The Bertz CT molecular complexity index is 613. The number of benzene rings is 1. The SMILES string of the molecule is CC(=O)NCC1CCc2c(Cl)ccc(NC(C)=O)c2C1=O. The van der Waals surface area contributed by atoms with Gasteiger partial charge in [-0.3, -0.25) is 14.4 Å². The Morgan fingerprint density at radius 3 is 2.62 bits per heavy atom. The smallest absolute Gasteiger partial charge is 0.221 e. The minimum atomic E-state index is -0.285. The lowest BCUT2D eigenvalue weighted by Crippen LogP contribution is -2.35. The maximum atomic E-state index is 12.6. The van der Waals surface area contributed by atoms with Crippen LogP contribution in [-0.2, 0) is 16.0 Å². The summed E-state index contributed by atoms with van der Waals surface area (Å²) in [6, 6.07) is 3.33. The first-order chi connectivity index (χ1) is 9.90. The third kappa shape index (κ3) is 3.42. The van der Waals surface area contributed by atoms with E-state index in [2.05, 4.69) is 10.6 Å². The van der Waals surface area contributed by atoms with Gasteiger partial charge in [-0.2, -0.15) is 0 Å². The van der Waals surface area contributed by atoms with Gasteiger partial charge in [-0.05, 0) is 30.5 Å². The molecule has 5 nitrogen and oxygen atoms in total. The summed E-state index contributed by atoms with van der Waals surface area (Å²) in [5.41, 5.74) is 1.73. The number of nitrogens with one attached hydrogen (secondary N) is 2. The van der Waals surface area contributed by atoms with Gasteiger partial charge in [0.25, 0.3) is 0 Å². The second-order valence-electron chi connectivity index (χ2n) is 5.17. The summed E-state index contributed by atoms with van der Waals surface area (Å²) in [4.78, 5) is 34.9. The average Bonchev–Trinajstić information content (AvgIpc) is 2.40. The monoisotopic (exact) mass is 308 g/mol. The Labute approximate surface area is 128 Å². The third-order valence-electron chi connectivity index (χ3n) is 3.52. The van der Waals surface area contributed by atoms with Gasteiger partial charge in [0, 0.05) is 36.9 Å². The van der Waals surface area contributed by atoms with Gasteiger partial charge in [-0.25, -0.2) is 0 Å². The molecule has 2 rings (SSSR count). The normalized spacial score (nSPS) is 17.1. The molecule has 0 fully saturated rings. The van der Waals surface area contributed by atoms with E-state index in [-0.39, 0.29) is 23.5 Å². The fourth-order valence-corrected chi connectivity index (χ4v) is 2.81. The predicted molar refractivity (Wildman–Crippen MR) is 80.6 cm³/mol. The highest BCUT2D eigenvalue weighted by molar-refractivity contribution is 6.32. The molecule has 1 atom stereocenters. The first-order valence-corrected chi connectivity index (χ1v) is 7.15.